The molecule has 0 aliphatic carbocycles. The van der Waals surface area contributed by atoms with Crippen LogP contribution in [0.25, 0.3) is 0 Å². The molecule has 118 valence electrons. The van der Waals surface area contributed by atoms with Crippen molar-refractivity contribution in [3.63, 3.8) is 0 Å². The normalized spacial score (nSPS) is 10.6. The molecule has 1 aromatic rings. The lowest BCUT2D eigenvalue weighted by atomic mass is 10.1. The Bertz CT molecular complexity index is 455. The van der Waals surface area contributed by atoms with Crippen LogP contribution < -0.4 is 0 Å². The Hall–Kier alpha value is -1.20. The zero-order valence-electron chi connectivity index (χ0n) is 13.4. The molecule has 1 aromatic carbocycles. The largest absolute Gasteiger partial charge is 0.462 e. The van der Waals surface area contributed by atoms with Crippen LogP contribution in [0.15, 0.2) is 22.7 Å². The molecule has 0 atom stereocenters. The van der Waals surface area contributed by atoms with E-state index in [4.69, 9.17) is 0 Å². The Balaban J connectivity index is 0.000000486. The number of benzene rings is 1. The van der Waals surface area contributed by atoms with Gasteiger partial charge in [0.05, 0.1) is 0 Å². The highest BCUT2D eigenvalue weighted by atomic mass is 79.9. The molecule has 0 aliphatic rings. The number of nitrogens with zero attached hydrogens (tertiary/aromatic N) is 1. The van der Waals surface area contributed by atoms with Gasteiger partial charge < -0.3 is 9.64 Å². The van der Waals surface area contributed by atoms with E-state index in [1.165, 1.54) is 0 Å². The lowest BCUT2D eigenvalue weighted by Gasteiger charge is -2.15. The first-order valence-electron chi connectivity index (χ1n) is 6.77. The highest BCUT2D eigenvalue weighted by Gasteiger charge is 2.07. The van der Waals surface area contributed by atoms with Crippen LogP contribution in [0.1, 0.15) is 43.6 Å². The molecule has 5 heteroatoms. The fourth-order valence-electron chi connectivity index (χ4n) is 1.37. The van der Waals surface area contributed by atoms with Crippen molar-refractivity contribution in [1.29, 1.82) is 0 Å². The minimum Gasteiger partial charge on any atom is -0.462 e. The summed E-state index contributed by atoms with van der Waals surface area (Å²) in [4.78, 5) is 22.6. The standard InChI is InChI=1S/C11H14BrNO.C5H10O2/c1-3-13(2)7-9-4-5-11(12)6-10(9)8-14;1-5(2,3)7-4-6/h4-6,8H,3,7H2,1-2H3;4H,1-3H3. The molecule has 0 radical (unpaired) electrons. The SMILES string of the molecule is CC(C)(C)OC=O.CCN(C)Cc1ccc(Br)cc1C=O. The number of halogens is 1. The number of hydrogen-bond acceptors (Lipinski definition) is 4. The van der Waals surface area contributed by atoms with Gasteiger partial charge in [0, 0.05) is 16.6 Å². The first-order valence-corrected chi connectivity index (χ1v) is 7.56. The molecule has 0 spiro atoms. The van der Waals surface area contributed by atoms with E-state index in [-0.39, 0.29) is 5.60 Å². The highest BCUT2D eigenvalue weighted by Crippen LogP contribution is 2.16. The smallest absolute Gasteiger partial charge is 0.293 e. The second-order valence-corrected chi connectivity index (χ2v) is 6.53. The summed E-state index contributed by atoms with van der Waals surface area (Å²) in [6.07, 6.45) is 0.906. The van der Waals surface area contributed by atoms with Crippen LogP contribution in [0.3, 0.4) is 0 Å². The molecule has 0 bridgehead atoms. The zero-order valence-corrected chi connectivity index (χ0v) is 14.9. The Morgan fingerprint density at radius 2 is 1.90 bits per heavy atom. The molecule has 0 saturated carbocycles. The first kappa shape index (κ1) is 19.8. The molecule has 0 aliphatic heterocycles. The van der Waals surface area contributed by atoms with E-state index >= 15 is 0 Å². The summed E-state index contributed by atoms with van der Waals surface area (Å²) in [5.74, 6) is 0. The van der Waals surface area contributed by atoms with E-state index in [2.05, 4.69) is 32.5 Å². The predicted octanol–water partition coefficient (Wildman–Crippen LogP) is 3.67. The van der Waals surface area contributed by atoms with E-state index in [1.807, 2.05) is 46.0 Å². The number of ether oxygens (including phenoxy) is 1. The van der Waals surface area contributed by atoms with E-state index in [1.54, 1.807) is 0 Å². The van der Waals surface area contributed by atoms with Gasteiger partial charge in [0.2, 0.25) is 0 Å². The molecule has 0 aromatic heterocycles. The molecular formula is C16H24BrNO3. The third-order valence-electron chi connectivity index (χ3n) is 2.62. The Morgan fingerprint density at radius 3 is 2.29 bits per heavy atom. The van der Waals surface area contributed by atoms with Crippen molar-refractivity contribution in [1.82, 2.24) is 4.90 Å². The lowest BCUT2D eigenvalue weighted by Crippen LogP contribution is -2.17. The van der Waals surface area contributed by atoms with Crippen molar-refractivity contribution in [2.75, 3.05) is 13.6 Å². The monoisotopic (exact) mass is 357 g/mol. The van der Waals surface area contributed by atoms with Crippen LogP contribution in [-0.4, -0.2) is 36.9 Å². The molecule has 4 nitrogen and oxygen atoms in total. The van der Waals surface area contributed by atoms with Gasteiger partial charge in [-0.25, -0.2) is 0 Å². The van der Waals surface area contributed by atoms with Crippen LogP contribution in [0.5, 0.6) is 0 Å². The maximum absolute atomic E-state index is 10.8. The Labute approximate surface area is 135 Å². The van der Waals surface area contributed by atoms with Gasteiger partial charge in [-0.1, -0.05) is 28.9 Å². The molecule has 0 unspecified atom stereocenters. The van der Waals surface area contributed by atoms with Gasteiger partial charge in [0.15, 0.2) is 0 Å². The van der Waals surface area contributed by atoms with E-state index in [9.17, 15) is 9.59 Å². The average molecular weight is 358 g/mol. The van der Waals surface area contributed by atoms with Gasteiger partial charge in [0.25, 0.3) is 6.47 Å². The topological polar surface area (TPSA) is 46.6 Å². The molecule has 0 fully saturated rings. The summed E-state index contributed by atoms with van der Waals surface area (Å²) in [6.45, 7) is 9.82. The third-order valence-corrected chi connectivity index (χ3v) is 3.11. The molecule has 1 rings (SSSR count). The van der Waals surface area contributed by atoms with Crippen LogP contribution in [0.4, 0.5) is 0 Å². The summed E-state index contributed by atoms with van der Waals surface area (Å²) < 4.78 is 5.50. The summed E-state index contributed by atoms with van der Waals surface area (Å²) in [5.41, 5.74) is 1.52. The van der Waals surface area contributed by atoms with Gasteiger partial charge in [-0.3, -0.25) is 9.59 Å². The van der Waals surface area contributed by atoms with Crippen LogP contribution >= 0.6 is 15.9 Å². The number of carbonyl (C=O) groups excluding carboxylic acids is 2. The quantitative estimate of drug-likeness (QED) is 0.754. The average Bonchev–Trinajstić information content (AvgIpc) is 2.40. The van der Waals surface area contributed by atoms with Gasteiger partial charge in [-0.15, -0.1) is 0 Å². The van der Waals surface area contributed by atoms with Crippen molar-refractivity contribution in [2.24, 2.45) is 0 Å². The molecule has 21 heavy (non-hydrogen) atoms. The maximum Gasteiger partial charge on any atom is 0.293 e. The summed E-state index contributed by atoms with van der Waals surface area (Å²) in [5, 5.41) is 0. The van der Waals surface area contributed by atoms with Crippen molar-refractivity contribution >= 4 is 28.7 Å². The van der Waals surface area contributed by atoms with Gasteiger partial charge in [0.1, 0.15) is 11.9 Å². The van der Waals surface area contributed by atoms with Crippen molar-refractivity contribution in [3.05, 3.63) is 33.8 Å². The van der Waals surface area contributed by atoms with E-state index in [0.717, 1.165) is 35.0 Å². The Morgan fingerprint density at radius 1 is 1.29 bits per heavy atom. The minimum atomic E-state index is -0.318. The predicted molar refractivity (Wildman–Crippen MR) is 88.4 cm³/mol. The summed E-state index contributed by atoms with van der Waals surface area (Å²) in [6, 6.07) is 5.80. The fraction of sp³-hybridized carbons (Fsp3) is 0.500. The van der Waals surface area contributed by atoms with Gasteiger partial charge >= 0.3 is 0 Å². The van der Waals surface area contributed by atoms with Crippen molar-refractivity contribution < 1.29 is 14.3 Å². The molecular weight excluding hydrogens is 334 g/mol. The second-order valence-electron chi connectivity index (χ2n) is 5.62. The zero-order chi connectivity index (χ0) is 16.5. The Kier molecular flexibility index (Phi) is 9.13. The molecule has 0 saturated heterocycles. The van der Waals surface area contributed by atoms with Gasteiger partial charge in [-0.2, -0.15) is 0 Å². The highest BCUT2D eigenvalue weighted by molar-refractivity contribution is 9.10. The van der Waals surface area contributed by atoms with E-state index in [0.29, 0.717) is 6.47 Å². The number of hydrogen-bond donors (Lipinski definition) is 0. The second kappa shape index (κ2) is 9.68. The number of rotatable bonds is 5. The van der Waals surface area contributed by atoms with Crippen LogP contribution in [0.2, 0.25) is 0 Å². The van der Waals surface area contributed by atoms with Crippen molar-refractivity contribution in [3.8, 4) is 0 Å². The third kappa shape index (κ3) is 9.37. The summed E-state index contributed by atoms with van der Waals surface area (Å²) in [7, 11) is 2.04. The summed E-state index contributed by atoms with van der Waals surface area (Å²) >= 11 is 3.35. The van der Waals surface area contributed by atoms with E-state index < -0.39 is 0 Å². The number of aldehydes is 1. The fourth-order valence-corrected chi connectivity index (χ4v) is 1.75. The minimum absolute atomic E-state index is 0.318. The van der Waals surface area contributed by atoms with Crippen molar-refractivity contribution in [2.45, 2.75) is 39.8 Å². The lowest BCUT2D eigenvalue weighted by molar-refractivity contribution is -0.138. The van der Waals surface area contributed by atoms with Gasteiger partial charge in [-0.05, 0) is 52.1 Å². The molecule has 0 amide bonds. The molecule has 0 heterocycles. The van der Waals surface area contributed by atoms with Crippen LogP contribution in [-0.2, 0) is 16.1 Å². The first-order chi connectivity index (χ1) is 9.73. The maximum atomic E-state index is 10.8. The number of carbonyl (C=O) groups is 2. The van der Waals surface area contributed by atoms with Crippen LogP contribution in [0, 0.1) is 0 Å². The molecule has 0 N–H and O–H groups in total.